The van der Waals surface area contributed by atoms with Crippen molar-refractivity contribution in [2.75, 3.05) is 189 Å². The van der Waals surface area contributed by atoms with Gasteiger partial charge in [-0.25, -0.2) is 0 Å². The average molecular weight is 1270 g/mol. The molecule has 0 aliphatic rings. The van der Waals surface area contributed by atoms with Crippen molar-refractivity contribution in [2.45, 2.75) is 44.3 Å². The minimum Gasteiger partial charge on any atom is -0.382 e. The number of nitrogens with one attached hydrogen (secondary N) is 3. The maximum atomic E-state index is 13.8. The number of alkyl halides is 3. The number of ether oxygens (including phenoxy) is 11. The molecule has 3 N–H and O–H groups in total. The summed E-state index contributed by atoms with van der Waals surface area (Å²) in [5.41, 5.74) is 4.23. The van der Waals surface area contributed by atoms with E-state index in [2.05, 4.69) is 25.2 Å². The van der Waals surface area contributed by atoms with Gasteiger partial charge in [-0.05, 0) is 129 Å². The van der Waals surface area contributed by atoms with E-state index >= 15 is 0 Å². The van der Waals surface area contributed by atoms with Crippen LogP contribution < -0.4 is 20.3 Å². The average Bonchev–Trinajstić information content (AvgIpc) is 2.11. The SMILES string of the molecule is CCN(CC)c1ccc(NC(=O)c2cccc(CCCOCCOCCOCCOCCNSc3ccc(C(=O)N(C)CCOCCOCCOCCOCCOCCOCCOC)cc3)c2)c(-c2cc(C(=O)NCc3cccc(C(F)(F)F)c3)ccn2)c1. The first-order valence-corrected chi connectivity index (χ1v) is 30.9. The lowest BCUT2D eigenvalue weighted by Gasteiger charge is -2.23. The molecule has 3 amide bonds. The Labute approximate surface area is 526 Å². The zero-order chi connectivity index (χ0) is 63.6. The van der Waals surface area contributed by atoms with Gasteiger partial charge >= 0.3 is 6.18 Å². The minimum absolute atomic E-state index is 0.0828. The summed E-state index contributed by atoms with van der Waals surface area (Å²) >= 11 is 1.47. The van der Waals surface area contributed by atoms with Gasteiger partial charge in [0.15, 0.2) is 0 Å². The highest BCUT2D eigenvalue weighted by atomic mass is 32.2. The van der Waals surface area contributed by atoms with Gasteiger partial charge in [-0.2, -0.15) is 13.2 Å². The van der Waals surface area contributed by atoms with Crippen molar-refractivity contribution in [1.82, 2.24) is 19.9 Å². The summed E-state index contributed by atoms with van der Waals surface area (Å²) in [5, 5.41) is 5.76. The molecular weight excluding hydrogens is 1180 g/mol. The summed E-state index contributed by atoms with van der Waals surface area (Å²) in [6, 6.07) is 28.5. The molecular formula is C65H89F3N6O14S. The number of carbonyl (C=O) groups is 3. The van der Waals surface area contributed by atoms with Crippen molar-refractivity contribution >= 4 is 41.0 Å². The number of carbonyl (C=O) groups excluding carboxylic acids is 3. The van der Waals surface area contributed by atoms with Crippen LogP contribution in [0, 0.1) is 0 Å². The quantitative estimate of drug-likeness (QED) is 0.0245. The molecule has 0 bridgehead atoms. The summed E-state index contributed by atoms with van der Waals surface area (Å²) in [6.45, 7) is 16.5. The van der Waals surface area contributed by atoms with E-state index in [1.807, 2.05) is 74.5 Å². The molecule has 0 spiro atoms. The third-order valence-corrected chi connectivity index (χ3v) is 14.2. The van der Waals surface area contributed by atoms with Crippen molar-refractivity contribution in [3.8, 4) is 11.3 Å². The summed E-state index contributed by atoms with van der Waals surface area (Å²) < 4.78 is 104. The number of methoxy groups -OCH3 is 1. The number of rotatable bonds is 49. The molecule has 0 saturated heterocycles. The number of benzene rings is 4. The first-order chi connectivity index (χ1) is 43.4. The van der Waals surface area contributed by atoms with Gasteiger partial charge in [-0.3, -0.25) is 24.1 Å². The predicted octanol–water partition coefficient (Wildman–Crippen LogP) is 8.91. The van der Waals surface area contributed by atoms with Crippen LogP contribution in [-0.4, -0.2) is 207 Å². The van der Waals surface area contributed by atoms with Crippen LogP contribution in [0.2, 0.25) is 0 Å². The van der Waals surface area contributed by atoms with Crippen molar-refractivity contribution in [3.05, 3.63) is 143 Å². The number of aryl methyl sites for hydroxylation is 1. The van der Waals surface area contributed by atoms with E-state index in [1.54, 1.807) is 31.2 Å². The molecule has 0 saturated carbocycles. The molecule has 1 aromatic heterocycles. The predicted molar refractivity (Wildman–Crippen MR) is 336 cm³/mol. The summed E-state index contributed by atoms with van der Waals surface area (Å²) in [5.74, 6) is -0.891. The summed E-state index contributed by atoms with van der Waals surface area (Å²) in [4.78, 5) is 49.3. The number of nitrogens with zero attached hydrogens (tertiary/aromatic N) is 3. The molecule has 0 radical (unpaired) electrons. The molecule has 5 aromatic rings. The zero-order valence-corrected chi connectivity index (χ0v) is 52.6. The molecule has 0 aliphatic carbocycles. The van der Waals surface area contributed by atoms with Crippen molar-refractivity contribution < 1.29 is 79.7 Å². The fourth-order valence-electron chi connectivity index (χ4n) is 8.48. The van der Waals surface area contributed by atoms with E-state index < -0.39 is 17.6 Å². The second-order valence-electron chi connectivity index (χ2n) is 19.8. The van der Waals surface area contributed by atoms with Crippen LogP contribution >= 0.6 is 11.9 Å². The molecule has 89 heavy (non-hydrogen) atoms. The summed E-state index contributed by atoms with van der Waals surface area (Å²) in [7, 11) is 3.39. The Morgan fingerprint density at radius 2 is 1.09 bits per heavy atom. The highest BCUT2D eigenvalue weighted by molar-refractivity contribution is 7.97. The Bertz CT molecular complexity index is 2770. The number of amides is 3. The highest BCUT2D eigenvalue weighted by Crippen LogP contribution is 2.33. The Morgan fingerprint density at radius 1 is 0.551 bits per heavy atom. The molecule has 490 valence electrons. The van der Waals surface area contributed by atoms with Gasteiger partial charge in [0, 0.05) is 92.5 Å². The first kappa shape index (κ1) is 73.6. The molecule has 4 aromatic carbocycles. The normalized spacial score (nSPS) is 11.5. The van der Waals surface area contributed by atoms with Crippen LogP contribution in [0.4, 0.5) is 24.5 Å². The topological polar surface area (TPSA) is 208 Å². The molecule has 1 heterocycles. The molecule has 20 nitrogen and oxygen atoms in total. The van der Waals surface area contributed by atoms with E-state index in [0.717, 1.165) is 47.8 Å². The van der Waals surface area contributed by atoms with E-state index in [1.165, 1.54) is 36.3 Å². The van der Waals surface area contributed by atoms with Crippen LogP contribution in [0.3, 0.4) is 0 Å². The Hall–Kier alpha value is -6.10. The lowest BCUT2D eigenvalue weighted by molar-refractivity contribution is -0.137. The second-order valence-corrected chi connectivity index (χ2v) is 20.8. The van der Waals surface area contributed by atoms with Crippen molar-refractivity contribution in [1.29, 1.82) is 0 Å². The third kappa shape index (κ3) is 30.1. The van der Waals surface area contributed by atoms with Crippen molar-refractivity contribution in [3.63, 3.8) is 0 Å². The van der Waals surface area contributed by atoms with Crippen LogP contribution in [0.5, 0.6) is 0 Å². The molecule has 5 rings (SSSR count). The maximum absolute atomic E-state index is 13.8. The molecule has 0 fully saturated rings. The first-order valence-electron chi connectivity index (χ1n) is 30.1. The number of aromatic nitrogens is 1. The smallest absolute Gasteiger partial charge is 0.382 e. The Kier molecular flexibility index (Phi) is 36.7. The minimum atomic E-state index is -4.50. The maximum Gasteiger partial charge on any atom is 0.416 e. The zero-order valence-electron chi connectivity index (χ0n) is 51.8. The van der Waals surface area contributed by atoms with Gasteiger partial charge in [0.1, 0.15) is 0 Å². The van der Waals surface area contributed by atoms with Crippen LogP contribution in [0.25, 0.3) is 11.3 Å². The van der Waals surface area contributed by atoms with Gasteiger partial charge in [0.05, 0.1) is 149 Å². The number of pyridine rings is 1. The standard InChI is InChI=1S/C65H89F3N6O14S/c1-5-74(6-2)57-17-20-60(59(49-57)61-48-55(21-22-69-61)62(75)70-50-52-11-8-14-56(47-52)65(66,67)68)72-63(76)54-13-7-10-51(46-54)12-9-25-79-30-33-83-38-39-84-34-31-80-26-23-71-89-58-18-15-53(16-19-58)64(77)73(3)24-27-81-32-35-85-40-41-87-44-45-88-43-42-86-37-36-82-29-28-78-4/h7-8,10-11,13-22,46-49,71H,5-6,9,12,23-45,50H2,1-4H3,(H,70,75)(H,72,76). The Morgan fingerprint density at radius 3 is 1.67 bits per heavy atom. The number of hydrogen-bond donors (Lipinski definition) is 3. The fraction of sp³-hybridized carbons (Fsp3) is 0.508. The van der Waals surface area contributed by atoms with Crippen LogP contribution in [0.1, 0.15) is 68.0 Å². The number of halogens is 3. The monoisotopic (exact) mass is 1270 g/mol. The third-order valence-electron chi connectivity index (χ3n) is 13.3. The van der Waals surface area contributed by atoms with Gasteiger partial charge in [0.2, 0.25) is 0 Å². The largest absolute Gasteiger partial charge is 0.416 e. The summed E-state index contributed by atoms with van der Waals surface area (Å²) in [6.07, 6.45) is -1.58. The molecule has 24 heteroatoms. The molecule has 0 aliphatic heterocycles. The van der Waals surface area contributed by atoms with Crippen LogP contribution in [0.15, 0.2) is 114 Å². The van der Waals surface area contributed by atoms with Gasteiger partial charge in [0.25, 0.3) is 17.7 Å². The van der Waals surface area contributed by atoms with Gasteiger partial charge in [-0.1, -0.05) is 24.3 Å². The highest BCUT2D eigenvalue weighted by Gasteiger charge is 2.30. The van der Waals surface area contributed by atoms with Crippen molar-refractivity contribution in [2.24, 2.45) is 0 Å². The van der Waals surface area contributed by atoms with E-state index in [-0.39, 0.29) is 23.9 Å². The number of likely N-dealkylation sites (N-methyl/N-ethyl adjacent to an activating group) is 1. The molecule has 0 atom stereocenters. The van der Waals surface area contributed by atoms with E-state index in [0.29, 0.717) is 192 Å². The molecule has 0 unspecified atom stereocenters. The lowest BCUT2D eigenvalue weighted by Crippen LogP contribution is -2.30. The number of anilines is 2. The second kappa shape index (κ2) is 44.4. The lowest BCUT2D eigenvalue weighted by atomic mass is 10.0. The van der Waals surface area contributed by atoms with Crippen LogP contribution in [-0.2, 0) is 71.2 Å². The number of hydrogen-bond acceptors (Lipinski definition) is 18. The fourth-order valence-corrected chi connectivity index (χ4v) is 9.11. The van der Waals surface area contributed by atoms with E-state index in [4.69, 9.17) is 52.1 Å². The van der Waals surface area contributed by atoms with Gasteiger partial charge in [-0.15, -0.1) is 0 Å². The Balaban J connectivity index is 0.848. The van der Waals surface area contributed by atoms with Gasteiger partial charge < -0.3 is 72.5 Å². The van der Waals surface area contributed by atoms with E-state index in [9.17, 15) is 27.6 Å².